The van der Waals surface area contributed by atoms with E-state index in [4.69, 9.17) is 22.3 Å². The standard InChI is InChI=1S/C30H35ClN6O2S/c31-26-10-9-25(40-26)24(38)16-19-2-1-13-37(18-19)27-17-33-28(29(32)39)30(35-27)34-22-5-3-20(4-6-22)21-11-14-36(15-12-21)23-7-8-23/h3-6,9-10,17,19,21,23H,1-2,7-8,11-16,18H2,(H2,32,39)(H,34,35)/t19-/m0/s1. The van der Waals surface area contributed by atoms with Crippen LogP contribution in [0.1, 0.15) is 76.6 Å². The van der Waals surface area contributed by atoms with Crippen molar-refractivity contribution in [2.45, 2.75) is 56.9 Å². The van der Waals surface area contributed by atoms with Gasteiger partial charge in [0.25, 0.3) is 5.91 Å². The lowest BCUT2D eigenvalue weighted by atomic mass is 9.89. The van der Waals surface area contributed by atoms with E-state index in [-0.39, 0.29) is 17.4 Å². The Morgan fingerprint density at radius 1 is 1.02 bits per heavy atom. The summed E-state index contributed by atoms with van der Waals surface area (Å²) >= 11 is 7.35. The van der Waals surface area contributed by atoms with Crippen LogP contribution in [0.25, 0.3) is 0 Å². The lowest BCUT2D eigenvalue weighted by molar-refractivity contribution is 0.0958. The van der Waals surface area contributed by atoms with Crippen LogP contribution in [0, 0.1) is 5.92 Å². The number of primary amides is 1. The molecule has 0 unspecified atom stereocenters. The van der Waals surface area contributed by atoms with Crippen molar-refractivity contribution in [3.8, 4) is 0 Å². The van der Waals surface area contributed by atoms with Crippen LogP contribution < -0.4 is 16.0 Å². The Morgan fingerprint density at radius 3 is 2.48 bits per heavy atom. The number of ketones is 1. The van der Waals surface area contributed by atoms with Gasteiger partial charge in [-0.25, -0.2) is 9.97 Å². The maximum Gasteiger partial charge on any atom is 0.271 e. The first-order valence-corrected chi connectivity index (χ1v) is 15.4. The van der Waals surface area contributed by atoms with E-state index in [1.807, 2.05) is 12.1 Å². The summed E-state index contributed by atoms with van der Waals surface area (Å²) in [6.45, 7) is 3.89. The SMILES string of the molecule is NC(=O)c1ncc(N2CCC[C@@H](CC(=O)c3ccc(Cl)s3)C2)nc1Nc1ccc(C2CCN(C3CC3)CC2)cc1. The van der Waals surface area contributed by atoms with Gasteiger partial charge in [-0.2, -0.15) is 0 Å². The number of thiophene rings is 1. The lowest BCUT2D eigenvalue weighted by Crippen LogP contribution is -2.37. The number of likely N-dealkylation sites (tertiary alicyclic amines) is 1. The van der Waals surface area contributed by atoms with Gasteiger partial charge in [-0.3, -0.25) is 9.59 Å². The van der Waals surface area contributed by atoms with Crippen LogP contribution in [0.2, 0.25) is 4.34 Å². The van der Waals surface area contributed by atoms with Gasteiger partial charge >= 0.3 is 0 Å². The van der Waals surface area contributed by atoms with Gasteiger partial charge < -0.3 is 20.9 Å². The number of rotatable bonds is 9. The van der Waals surface area contributed by atoms with E-state index in [2.05, 4.69) is 32.2 Å². The van der Waals surface area contributed by atoms with Crippen LogP contribution in [0.15, 0.2) is 42.6 Å². The molecule has 3 aliphatic rings. The molecule has 2 saturated heterocycles. The number of nitrogens with two attached hydrogens (primary N) is 1. The molecule has 0 spiro atoms. The highest BCUT2D eigenvalue weighted by molar-refractivity contribution is 7.18. The highest BCUT2D eigenvalue weighted by Gasteiger charge is 2.32. The van der Waals surface area contributed by atoms with Crippen LogP contribution in [0.4, 0.5) is 17.3 Å². The molecule has 40 heavy (non-hydrogen) atoms. The fourth-order valence-corrected chi connectivity index (χ4v) is 7.07. The number of nitrogens with zero attached hydrogens (tertiary/aromatic N) is 4. The normalized spacial score (nSPS) is 20.4. The van der Waals surface area contributed by atoms with Gasteiger partial charge in [-0.15, -0.1) is 11.3 Å². The molecule has 1 saturated carbocycles. The molecule has 0 bridgehead atoms. The van der Waals surface area contributed by atoms with E-state index in [1.165, 1.54) is 55.7 Å². The third-order valence-corrected chi connectivity index (χ3v) is 9.67. The van der Waals surface area contributed by atoms with Crippen LogP contribution in [-0.4, -0.2) is 58.8 Å². The zero-order valence-electron chi connectivity index (χ0n) is 22.5. The summed E-state index contributed by atoms with van der Waals surface area (Å²) in [5.41, 5.74) is 7.95. The fraction of sp³-hybridized carbons (Fsp3) is 0.467. The fourth-order valence-electron chi connectivity index (χ4n) is 6.08. The van der Waals surface area contributed by atoms with Crippen molar-refractivity contribution in [3.63, 3.8) is 0 Å². The summed E-state index contributed by atoms with van der Waals surface area (Å²) < 4.78 is 0.627. The molecule has 1 atom stereocenters. The first-order chi connectivity index (χ1) is 19.4. The molecule has 2 aromatic heterocycles. The number of hydrogen-bond acceptors (Lipinski definition) is 8. The number of piperidine rings is 2. The number of aromatic nitrogens is 2. The summed E-state index contributed by atoms with van der Waals surface area (Å²) in [6.07, 6.45) is 9.13. The van der Waals surface area contributed by atoms with Crippen molar-refractivity contribution < 1.29 is 9.59 Å². The van der Waals surface area contributed by atoms with E-state index >= 15 is 0 Å². The van der Waals surface area contributed by atoms with Crippen LogP contribution in [-0.2, 0) is 0 Å². The molecule has 3 N–H and O–H groups in total. The van der Waals surface area contributed by atoms with Gasteiger partial charge in [-0.1, -0.05) is 23.7 Å². The monoisotopic (exact) mass is 578 g/mol. The second kappa shape index (κ2) is 11.8. The van der Waals surface area contributed by atoms with Gasteiger partial charge in [0.15, 0.2) is 17.3 Å². The number of benzene rings is 1. The number of Topliss-reactive ketones (excluding diaryl/α,β-unsaturated/α-hetero) is 1. The molecular weight excluding hydrogens is 544 g/mol. The second-order valence-corrected chi connectivity index (χ2v) is 13.0. The van der Waals surface area contributed by atoms with Gasteiger partial charge in [-0.05, 0) is 93.3 Å². The summed E-state index contributed by atoms with van der Waals surface area (Å²) in [7, 11) is 0. The zero-order chi connectivity index (χ0) is 27.6. The smallest absolute Gasteiger partial charge is 0.271 e. The maximum atomic E-state index is 12.8. The Kier molecular flexibility index (Phi) is 8.05. The number of anilines is 3. The molecule has 0 radical (unpaired) electrons. The number of halogens is 1. The Balaban J connectivity index is 1.12. The van der Waals surface area contributed by atoms with Crippen LogP contribution >= 0.6 is 22.9 Å². The molecule has 6 rings (SSSR count). The Bertz CT molecular complexity index is 1370. The molecule has 1 amide bonds. The number of carbonyl (C=O) groups excluding carboxylic acids is 2. The molecule has 1 aromatic carbocycles. The minimum Gasteiger partial charge on any atom is -0.364 e. The van der Waals surface area contributed by atoms with Crippen molar-refractivity contribution in [2.24, 2.45) is 11.7 Å². The van der Waals surface area contributed by atoms with E-state index in [1.54, 1.807) is 18.3 Å². The summed E-state index contributed by atoms with van der Waals surface area (Å²) in [6, 6.07) is 12.8. The average Bonchev–Trinajstić information content (AvgIpc) is 3.73. The third-order valence-electron chi connectivity index (χ3n) is 8.40. The number of nitrogens with one attached hydrogen (secondary N) is 1. The van der Waals surface area contributed by atoms with E-state index in [0.717, 1.165) is 31.1 Å². The number of amides is 1. The first kappa shape index (κ1) is 27.2. The zero-order valence-corrected chi connectivity index (χ0v) is 24.1. The van der Waals surface area contributed by atoms with E-state index in [0.29, 0.717) is 39.7 Å². The van der Waals surface area contributed by atoms with Crippen molar-refractivity contribution in [2.75, 3.05) is 36.4 Å². The number of hydrogen-bond donors (Lipinski definition) is 2. The molecule has 10 heteroatoms. The Morgan fingerprint density at radius 2 is 1.80 bits per heavy atom. The van der Waals surface area contributed by atoms with Crippen molar-refractivity contribution in [3.05, 3.63) is 63.1 Å². The lowest BCUT2D eigenvalue weighted by Gasteiger charge is -2.33. The summed E-state index contributed by atoms with van der Waals surface area (Å²) in [4.78, 5) is 39.6. The van der Waals surface area contributed by atoms with Gasteiger partial charge in [0.1, 0.15) is 5.82 Å². The number of carbonyl (C=O) groups is 2. The molecule has 4 heterocycles. The Labute approximate surface area is 243 Å². The molecule has 3 fully saturated rings. The van der Waals surface area contributed by atoms with Crippen molar-refractivity contribution >= 4 is 52.0 Å². The average molecular weight is 579 g/mol. The Hall–Kier alpha value is -3.01. The predicted molar refractivity (Wildman–Crippen MR) is 160 cm³/mol. The van der Waals surface area contributed by atoms with Crippen LogP contribution in [0.5, 0.6) is 0 Å². The molecule has 8 nitrogen and oxygen atoms in total. The van der Waals surface area contributed by atoms with Crippen molar-refractivity contribution in [1.29, 1.82) is 0 Å². The quantitative estimate of drug-likeness (QED) is 0.306. The minimum absolute atomic E-state index is 0.110. The second-order valence-electron chi connectivity index (χ2n) is 11.3. The predicted octanol–water partition coefficient (Wildman–Crippen LogP) is 5.87. The van der Waals surface area contributed by atoms with Crippen LogP contribution in [0.3, 0.4) is 0 Å². The highest BCUT2D eigenvalue weighted by atomic mass is 35.5. The largest absolute Gasteiger partial charge is 0.364 e. The molecule has 1 aliphatic carbocycles. The summed E-state index contributed by atoms with van der Waals surface area (Å²) in [5.74, 6) is 1.31. The topological polar surface area (TPSA) is 104 Å². The third kappa shape index (κ3) is 6.32. The van der Waals surface area contributed by atoms with E-state index < -0.39 is 5.91 Å². The highest BCUT2D eigenvalue weighted by Crippen LogP contribution is 2.35. The molecule has 3 aromatic rings. The van der Waals surface area contributed by atoms with Gasteiger partial charge in [0.05, 0.1) is 15.4 Å². The van der Waals surface area contributed by atoms with Crippen molar-refractivity contribution in [1.82, 2.24) is 14.9 Å². The molecular formula is C30H35ClN6O2S. The first-order valence-electron chi connectivity index (χ1n) is 14.2. The summed E-state index contributed by atoms with van der Waals surface area (Å²) in [5, 5.41) is 3.29. The van der Waals surface area contributed by atoms with Gasteiger partial charge in [0, 0.05) is 31.2 Å². The minimum atomic E-state index is -0.627. The van der Waals surface area contributed by atoms with Gasteiger partial charge in [0.2, 0.25) is 0 Å². The molecule has 210 valence electrons. The van der Waals surface area contributed by atoms with E-state index in [9.17, 15) is 9.59 Å². The molecule has 2 aliphatic heterocycles. The maximum absolute atomic E-state index is 12.8.